The molecule has 11 heavy (non-hydrogen) atoms. The SMILES string of the molecule is CCC(N)(C(=O)O)C1CCC1. The topological polar surface area (TPSA) is 63.3 Å². The molecule has 0 spiro atoms. The molecule has 1 aliphatic carbocycles. The number of carboxylic acid groups (broad SMARTS) is 1. The summed E-state index contributed by atoms with van der Waals surface area (Å²) in [5.74, 6) is -0.630. The number of aliphatic carboxylic acids is 1. The minimum atomic E-state index is -0.946. The van der Waals surface area contributed by atoms with Crippen LogP contribution in [0.3, 0.4) is 0 Å². The molecule has 0 heterocycles. The van der Waals surface area contributed by atoms with Crippen molar-refractivity contribution in [2.45, 2.75) is 38.1 Å². The van der Waals surface area contributed by atoms with Gasteiger partial charge in [-0.25, -0.2) is 0 Å². The van der Waals surface area contributed by atoms with E-state index in [4.69, 9.17) is 10.8 Å². The minimum Gasteiger partial charge on any atom is -0.480 e. The van der Waals surface area contributed by atoms with E-state index in [2.05, 4.69) is 0 Å². The van der Waals surface area contributed by atoms with Gasteiger partial charge in [-0.15, -0.1) is 0 Å². The Kier molecular flexibility index (Phi) is 2.18. The number of nitrogens with two attached hydrogens (primary N) is 1. The third kappa shape index (κ3) is 1.25. The predicted molar refractivity (Wildman–Crippen MR) is 42.2 cm³/mol. The summed E-state index contributed by atoms with van der Waals surface area (Å²) in [6.45, 7) is 1.84. The summed E-state index contributed by atoms with van der Waals surface area (Å²) < 4.78 is 0. The highest BCUT2D eigenvalue weighted by atomic mass is 16.4. The van der Waals surface area contributed by atoms with Crippen molar-refractivity contribution in [1.82, 2.24) is 0 Å². The van der Waals surface area contributed by atoms with Crippen molar-refractivity contribution in [1.29, 1.82) is 0 Å². The standard InChI is InChI=1S/C8H15NO2/c1-2-8(9,7(10)11)6-4-3-5-6/h6H,2-5,9H2,1H3,(H,10,11). The highest BCUT2D eigenvalue weighted by Gasteiger charge is 2.43. The Morgan fingerprint density at radius 3 is 2.36 bits per heavy atom. The van der Waals surface area contributed by atoms with E-state index in [1.807, 2.05) is 6.92 Å². The van der Waals surface area contributed by atoms with Crippen LogP contribution in [-0.4, -0.2) is 16.6 Å². The Balaban J connectivity index is 2.65. The van der Waals surface area contributed by atoms with E-state index in [9.17, 15) is 4.79 Å². The van der Waals surface area contributed by atoms with Gasteiger partial charge < -0.3 is 10.8 Å². The number of carbonyl (C=O) groups is 1. The van der Waals surface area contributed by atoms with Gasteiger partial charge in [0.1, 0.15) is 5.54 Å². The first kappa shape index (κ1) is 8.53. The lowest BCUT2D eigenvalue weighted by Gasteiger charge is -2.38. The largest absolute Gasteiger partial charge is 0.480 e. The average molecular weight is 157 g/mol. The van der Waals surface area contributed by atoms with Gasteiger partial charge in [0.25, 0.3) is 0 Å². The molecule has 0 amide bonds. The van der Waals surface area contributed by atoms with Crippen molar-refractivity contribution >= 4 is 5.97 Å². The quantitative estimate of drug-likeness (QED) is 0.641. The van der Waals surface area contributed by atoms with Crippen LogP contribution in [0.2, 0.25) is 0 Å². The van der Waals surface area contributed by atoms with E-state index < -0.39 is 11.5 Å². The van der Waals surface area contributed by atoms with Crippen molar-refractivity contribution in [2.75, 3.05) is 0 Å². The fourth-order valence-corrected chi connectivity index (χ4v) is 1.54. The molecule has 3 heteroatoms. The van der Waals surface area contributed by atoms with Gasteiger partial charge in [0.2, 0.25) is 0 Å². The first-order valence-electron chi connectivity index (χ1n) is 4.13. The summed E-state index contributed by atoms with van der Waals surface area (Å²) in [6, 6.07) is 0. The van der Waals surface area contributed by atoms with Gasteiger partial charge in [-0.1, -0.05) is 13.3 Å². The van der Waals surface area contributed by atoms with E-state index in [-0.39, 0.29) is 5.92 Å². The van der Waals surface area contributed by atoms with Crippen molar-refractivity contribution in [2.24, 2.45) is 11.7 Å². The van der Waals surface area contributed by atoms with Gasteiger partial charge in [0, 0.05) is 0 Å². The zero-order valence-electron chi connectivity index (χ0n) is 6.84. The second-order valence-corrected chi connectivity index (χ2v) is 3.33. The zero-order chi connectivity index (χ0) is 8.48. The molecule has 64 valence electrons. The van der Waals surface area contributed by atoms with Crippen molar-refractivity contribution in [3.05, 3.63) is 0 Å². The number of carboxylic acids is 1. The summed E-state index contributed by atoms with van der Waals surface area (Å²) in [4.78, 5) is 10.8. The van der Waals surface area contributed by atoms with Crippen LogP contribution in [0.15, 0.2) is 0 Å². The third-order valence-corrected chi connectivity index (χ3v) is 2.82. The molecule has 1 rings (SSSR count). The summed E-state index contributed by atoms with van der Waals surface area (Å²) >= 11 is 0. The Labute approximate surface area is 66.6 Å². The first-order valence-corrected chi connectivity index (χ1v) is 4.13. The van der Waals surface area contributed by atoms with Gasteiger partial charge in [-0.2, -0.15) is 0 Å². The van der Waals surface area contributed by atoms with Crippen LogP contribution in [-0.2, 0) is 4.79 Å². The highest BCUT2D eigenvalue weighted by molar-refractivity contribution is 5.79. The lowest BCUT2D eigenvalue weighted by molar-refractivity contribution is -0.147. The van der Waals surface area contributed by atoms with Crippen LogP contribution in [0, 0.1) is 5.92 Å². The summed E-state index contributed by atoms with van der Waals surface area (Å²) in [5, 5.41) is 8.84. The molecule has 1 aliphatic rings. The summed E-state index contributed by atoms with van der Waals surface area (Å²) in [5.41, 5.74) is 4.80. The number of hydrogen-bond acceptors (Lipinski definition) is 2. The molecular formula is C8H15NO2. The van der Waals surface area contributed by atoms with E-state index in [0.717, 1.165) is 19.3 Å². The van der Waals surface area contributed by atoms with Crippen LogP contribution in [0.5, 0.6) is 0 Å². The maximum atomic E-state index is 10.8. The van der Waals surface area contributed by atoms with Crippen LogP contribution < -0.4 is 5.73 Å². The number of rotatable bonds is 3. The van der Waals surface area contributed by atoms with Gasteiger partial charge >= 0.3 is 5.97 Å². The molecule has 1 saturated carbocycles. The third-order valence-electron chi connectivity index (χ3n) is 2.82. The van der Waals surface area contributed by atoms with Crippen LogP contribution >= 0.6 is 0 Å². The van der Waals surface area contributed by atoms with Crippen LogP contribution in [0.4, 0.5) is 0 Å². The molecule has 0 aliphatic heterocycles. The van der Waals surface area contributed by atoms with Gasteiger partial charge in [-0.05, 0) is 25.2 Å². The Hall–Kier alpha value is -0.570. The molecule has 1 atom stereocenters. The maximum absolute atomic E-state index is 10.8. The molecule has 1 unspecified atom stereocenters. The van der Waals surface area contributed by atoms with Crippen LogP contribution in [0.25, 0.3) is 0 Å². The normalized spacial score (nSPS) is 23.8. The Bertz CT molecular complexity index is 165. The van der Waals surface area contributed by atoms with E-state index >= 15 is 0 Å². The molecule has 0 bridgehead atoms. The average Bonchev–Trinajstić information content (AvgIpc) is 1.83. The zero-order valence-corrected chi connectivity index (χ0v) is 6.84. The summed E-state index contributed by atoms with van der Waals surface area (Å²) in [6.07, 6.45) is 3.64. The van der Waals surface area contributed by atoms with Crippen molar-refractivity contribution < 1.29 is 9.90 Å². The maximum Gasteiger partial charge on any atom is 0.323 e. The lowest BCUT2D eigenvalue weighted by Crippen LogP contribution is -2.55. The molecule has 0 aromatic rings. The molecule has 1 fully saturated rings. The van der Waals surface area contributed by atoms with Gasteiger partial charge in [0.05, 0.1) is 0 Å². The second-order valence-electron chi connectivity index (χ2n) is 3.33. The van der Waals surface area contributed by atoms with Crippen LogP contribution in [0.1, 0.15) is 32.6 Å². The monoisotopic (exact) mass is 157 g/mol. The van der Waals surface area contributed by atoms with E-state index in [1.54, 1.807) is 0 Å². The Morgan fingerprint density at radius 1 is 1.73 bits per heavy atom. The fraction of sp³-hybridized carbons (Fsp3) is 0.875. The molecule has 0 aromatic carbocycles. The molecule has 0 saturated heterocycles. The summed E-state index contributed by atoms with van der Waals surface area (Å²) in [7, 11) is 0. The molecule has 0 radical (unpaired) electrons. The van der Waals surface area contributed by atoms with Crippen molar-refractivity contribution in [3.63, 3.8) is 0 Å². The smallest absolute Gasteiger partial charge is 0.323 e. The van der Waals surface area contributed by atoms with Gasteiger partial charge in [0.15, 0.2) is 0 Å². The lowest BCUT2D eigenvalue weighted by atomic mass is 9.70. The fourth-order valence-electron chi connectivity index (χ4n) is 1.54. The van der Waals surface area contributed by atoms with E-state index in [0.29, 0.717) is 6.42 Å². The molecule has 3 N–H and O–H groups in total. The number of hydrogen-bond donors (Lipinski definition) is 2. The highest BCUT2D eigenvalue weighted by Crippen LogP contribution is 2.36. The second kappa shape index (κ2) is 2.81. The Morgan fingerprint density at radius 2 is 2.27 bits per heavy atom. The van der Waals surface area contributed by atoms with Crippen molar-refractivity contribution in [3.8, 4) is 0 Å². The minimum absolute atomic E-state index is 0.213. The first-order chi connectivity index (χ1) is 5.11. The molecule has 0 aromatic heterocycles. The van der Waals surface area contributed by atoms with E-state index in [1.165, 1.54) is 0 Å². The molecular weight excluding hydrogens is 142 g/mol. The molecule has 3 nitrogen and oxygen atoms in total. The predicted octanol–water partition coefficient (Wildman–Crippen LogP) is 0.979. The van der Waals surface area contributed by atoms with Gasteiger partial charge in [-0.3, -0.25) is 4.79 Å².